The number of thiazole rings is 1. The second-order valence-corrected chi connectivity index (χ2v) is 6.94. The SMILES string of the molecule is Cc1nc2scc(C)n2c1C=C(CNC1CC1)C(C)C. The van der Waals surface area contributed by atoms with Crippen molar-refractivity contribution in [1.82, 2.24) is 14.7 Å². The third-order valence-electron chi connectivity index (χ3n) is 3.99. The molecule has 2 aromatic heterocycles. The smallest absolute Gasteiger partial charge is 0.194 e. The van der Waals surface area contributed by atoms with Crippen LogP contribution in [-0.2, 0) is 0 Å². The second kappa shape index (κ2) is 5.34. The molecule has 3 rings (SSSR count). The average molecular weight is 289 g/mol. The van der Waals surface area contributed by atoms with Gasteiger partial charge in [0.2, 0.25) is 0 Å². The molecule has 0 bridgehead atoms. The van der Waals surface area contributed by atoms with E-state index in [1.165, 1.54) is 29.8 Å². The Kier molecular flexibility index (Phi) is 3.69. The van der Waals surface area contributed by atoms with Crippen molar-refractivity contribution in [2.24, 2.45) is 5.92 Å². The largest absolute Gasteiger partial charge is 0.310 e. The van der Waals surface area contributed by atoms with E-state index in [1.807, 2.05) is 0 Å². The molecule has 0 aliphatic heterocycles. The normalized spacial score (nSPS) is 16.6. The van der Waals surface area contributed by atoms with E-state index in [1.54, 1.807) is 11.3 Å². The molecule has 2 heterocycles. The molecule has 4 heteroatoms. The molecule has 1 aliphatic carbocycles. The molecule has 0 aromatic carbocycles. The van der Waals surface area contributed by atoms with Gasteiger partial charge in [-0.3, -0.25) is 4.40 Å². The minimum atomic E-state index is 0.560. The molecule has 1 N–H and O–H groups in total. The van der Waals surface area contributed by atoms with E-state index in [4.69, 9.17) is 0 Å². The number of rotatable bonds is 5. The van der Waals surface area contributed by atoms with Gasteiger partial charge in [0.05, 0.1) is 11.4 Å². The molecular formula is C16H23N3S. The number of hydrogen-bond acceptors (Lipinski definition) is 3. The van der Waals surface area contributed by atoms with Crippen LogP contribution in [0.3, 0.4) is 0 Å². The molecule has 0 atom stereocenters. The highest BCUT2D eigenvalue weighted by Gasteiger charge is 2.21. The van der Waals surface area contributed by atoms with Gasteiger partial charge in [-0.05, 0) is 38.7 Å². The summed E-state index contributed by atoms with van der Waals surface area (Å²) in [6.45, 7) is 9.80. The van der Waals surface area contributed by atoms with Gasteiger partial charge in [-0.15, -0.1) is 11.3 Å². The highest BCUT2D eigenvalue weighted by Crippen LogP contribution is 2.25. The Morgan fingerprint density at radius 1 is 1.50 bits per heavy atom. The number of nitrogens with one attached hydrogen (secondary N) is 1. The van der Waals surface area contributed by atoms with Crippen molar-refractivity contribution >= 4 is 22.4 Å². The van der Waals surface area contributed by atoms with Crippen molar-refractivity contribution in [3.8, 4) is 0 Å². The highest BCUT2D eigenvalue weighted by molar-refractivity contribution is 7.15. The first-order valence-corrected chi connectivity index (χ1v) is 8.31. The number of imidazole rings is 1. The maximum Gasteiger partial charge on any atom is 0.194 e. The Hall–Kier alpha value is -1.13. The lowest BCUT2D eigenvalue weighted by molar-refractivity contribution is 0.662. The molecule has 2 aromatic rings. The van der Waals surface area contributed by atoms with Gasteiger partial charge >= 0.3 is 0 Å². The molecule has 0 unspecified atom stereocenters. The summed E-state index contributed by atoms with van der Waals surface area (Å²) in [5.41, 5.74) is 5.12. The fourth-order valence-electron chi connectivity index (χ4n) is 2.44. The molecule has 0 spiro atoms. The third-order valence-corrected chi connectivity index (χ3v) is 4.93. The van der Waals surface area contributed by atoms with Gasteiger partial charge in [0.15, 0.2) is 4.96 Å². The molecule has 0 amide bonds. The first kappa shape index (κ1) is 13.8. The first-order chi connectivity index (χ1) is 9.56. The van der Waals surface area contributed by atoms with Crippen LogP contribution in [0.25, 0.3) is 11.0 Å². The van der Waals surface area contributed by atoms with Gasteiger partial charge in [-0.25, -0.2) is 4.98 Å². The first-order valence-electron chi connectivity index (χ1n) is 7.43. The predicted octanol–water partition coefficient (Wildman–Crippen LogP) is 3.80. The molecule has 0 saturated heterocycles. The summed E-state index contributed by atoms with van der Waals surface area (Å²) < 4.78 is 2.28. The van der Waals surface area contributed by atoms with Crippen LogP contribution in [0.15, 0.2) is 11.0 Å². The minimum Gasteiger partial charge on any atom is -0.310 e. The van der Waals surface area contributed by atoms with Crippen LogP contribution in [0, 0.1) is 19.8 Å². The summed E-state index contributed by atoms with van der Waals surface area (Å²) >= 11 is 1.72. The number of nitrogens with zero attached hydrogens (tertiary/aromatic N) is 2. The van der Waals surface area contributed by atoms with Crippen LogP contribution >= 0.6 is 11.3 Å². The van der Waals surface area contributed by atoms with Gasteiger partial charge in [0, 0.05) is 23.7 Å². The lowest BCUT2D eigenvalue weighted by Crippen LogP contribution is -2.21. The summed E-state index contributed by atoms with van der Waals surface area (Å²) in [6.07, 6.45) is 5.02. The van der Waals surface area contributed by atoms with E-state index in [0.29, 0.717) is 5.92 Å². The van der Waals surface area contributed by atoms with E-state index in [9.17, 15) is 0 Å². The van der Waals surface area contributed by atoms with Gasteiger partial charge in [-0.2, -0.15) is 0 Å². The number of aryl methyl sites for hydroxylation is 2. The van der Waals surface area contributed by atoms with E-state index in [0.717, 1.165) is 23.2 Å². The number of hydrogen-bond donors (Lipinski definition) is 1. The van der Waals surface area contributed by atoms with Crippen molar-refractivity contribution in [2.45, 2.75) is 46.6 Å². The summed E-state index contributed by atoms with van der Waals surface area (Å²) in [7, 11) is 0. The molecule has 1 saturated carbocycles. The second-order valence-electron chi connectivity index (χ2n) is 6.11. The standard InChI is InChI=1S/C16H23N3S/c1-10(2)13(8-17-14-5-6-14)7-15-12(4)18-16-19(15)11(3)9-20-16/h7,9-10,14,17H,5-6,8H2,1-4H3. The van der Waals surface area contributed by atoms with Gasteiger partial charge in [0.25, 0.3) is 0 Å². The quantitative estimate of drug-likeness (QED) is 0.907. The van der Waals surface area contributed by atoms with Crippen LogP contribution in [0.4, 0.5) is 0 Å². The number of fused-ring (bicyclic) bond motifs is 1. The van der Waals surface area contributed by atoms with Crippen molar-refractivity contribution < 1.29 is 0 Å². The van der Waals surface area contributed by atoms with E-state index >= 15 is 0 Å². The topological polar surface area (TPSA) is 29.3 Å². The maximum atomic E-state index is 4.67. The van der Waals surface area contributed by atoms with E-state index in [-0.39, 0.29) is 0 Å². The van der Waals surface area contributed by atoms with Crippen molar-refractivity contribution in [3.05, 3.63) is 28.0 Å². The summed E-state index contributed by atoms with van der Waals surface area (Å²) in [6, 6.07) is 0.756. The van der Waals surface area contributed by atoms with Crippen molar-refractivity contribution in [1.29, 1.82) is 0 Å². The van der Waals surface area contributed by atoms with Crippen LogP contribution in [0.5, 0.6) is 0 Å². The van der Waals surface area contributed by atoms with Crippen molar-refractivity contribution in [3.63, 3.8) is 0 Å². The average Bonchev–Trinajstić information content (AvgIpc) is 3.08. The Morgan fingerprint density at radius 3 is 2.90 bits per heavy atom. The molecular weight excluding hydrogens is 266 g/mol. The van der Waals surface area contributed by atoms with Gasteiger partial charge < -0.3 is 5.32 Å². The molecule has 3 nitrogen and oxygen atoms in total. The third kappa shape index (κ3) is 2.67. The van der Waals surface area contributed by atoms with Gasteiger partial charge in [-0.1, -0.05) is 19.4 Å². The Morgan fingerprint density at radius 2 is 2.25 bits per heavy atom. The minimum absolute atomic E-state index is 0.560. The zero-order valence-electron chi connectivity index (χ0n) is 12.7. The zero-order valence-corrected chi connectivity index (χ0v) is 13.5. The summed E-state index contributed by atoms with van der Waals surface area (Å²) in [5.74, 6) is 0.560. The van der Waals surface area contributed by atoms with E-state index < -0.39 is 0 Å². The molecule has 108 valence electrons. The lowest BCUT2D eigenvalue weighted by Gasteiger charge is -2.13. The predicted molar refractivity (Wildman–Crippen MR) is 86.4 cm³/mol. The summed E-state index contributed by atoms with van der Waals surface area (Å²) in [4.78, 5) is 5.77. The number of aromatic nitrogens is 2. The Balaban J connectivity index is 1.95. The van der Waals surface area contributed by atoms with Crippen molar-refractivity contribution in [2.75, 3.05) is 6.54 Å². The monoisotopic (exact) mass is 289 g/mol. The van der Waals surface area contributed by atoms with Crippen LogP contribution < -0.4 is 5.32 Å². The fourth-order valence-corrected chi connectivity index (χ4v) is 3.36. The lowest BCUT2D eigenvalue weighted by atomic mass is 10.0. The summed E-state index contributed by atoms with van der Waals surface area (Å²) in [5, 5.41) is 5.81. The molecule has 1 aliphatic rings. The zero-order chi connectivity index (χ0) is 14.3. The van der Waals surface area contributed by atoms with Crippen LogP contribution in [0.2, 0.25) is 0 Å². The highest BCUT2D eigenvalue weighted by atomic mass is 32.1. The Bertz CT molecular complexity index is 644. The fraction of sp³-hybridized carbons (Fsp3) is 0.562. The maximum absolute atomic E-state index is 4.67. The molecule has 20 heavy (non-hydrogen) atoms. The van der Waals surface area contributed by atoms with Crippen LogP contribution in [0.1, 0.15) is 43.8 Å². The van der Waals surface area contributed by atoms with Crippen LogP contribution in [-0.4, -0.2) is 22.0 Å². The Labute approximate surface area is 124 Å². The van der Waals surface area contributed by atoms with Gasteiger partial charge in [0.1, 0.15) is 0 Å². The van der Waals surface area contributed by atoms with E-state index in [2.05, 4.69) is 53.9 Å². The molecule has 0 radical (unpaired) electrons. The molecule has 1 fully saturated rings.